The molecule has 0 atom stereocenters. The topological polar surface area (TPSA) is 30.3 Å². The Morgan fingerprint density at radius 1 is 1.21 bits per heavy atom. The summed E-state index contributed by atoms with van der Waals surface area (Å²) in [5.41, 5.74) is 1.60. The van der Waals surface area contributed by atoms with Crippen LogP contribution in [0.3, 0.4) is 0 Å². The number of hydrogen-bond acceptors (Lipinski definition) is 3. The lowest BCUT2D eigenvalue weighted by molar-refractivity contribution is 0.248. The van der Waals surface area contributed by atoms with Gasteiger partial charge in [0.2, 0.25) is 0 Å². The number of halogens is 1. The zero-order valence-corrected chi connectivity index (χ0v) is 11.7. The molecule has 1 aromatic rings. The Hall–Kier alpha value is -1.24. The van der Waals surface area contributed by atoms with Gasteiger partial charge >= 0.3 is 0 Å². The zero-order valence-electron chi connectivity index (χ0n) is 11.0. The van der Waals surface area contributed by atoms with Gasteiger partial charge in [-0.3, -0.25) is 4.90 Å². The fraction of sp³-hybridized carbons (Fsp3) is 0.533. The first kappa shape index (κ1) is 12.8. The largest absolute Gasteiger partial charge is 0.368 e. The van der Waals surface area contributed by atoms with Crippen LogP contribution in [0, 0.1) is 17.2 Å². The summed E-state index contributed by atoms with van der Waals surface area (Å²) in [7, 11) is 0. The Morgan fingerprint density at radius 3 is 2.58 bits per heavy atom. The maximum Gasteiger partial charge on any atom is 0.103 e. The fourth-order valence-corrected chi connectivity index (χ4v) is 2.94. The Balaban J connectivity index is 1.67. The molecule has 1 aliphatic heterocycles. The summed E-state index contributed by atoms with van der Waals surface area (Å²) in [6.45, 7) is 5.42. The molecule has 0 unspecified atom stereocenters. The Kier molecular flexibility index (Phi) is 3.63. The number of anilines is 1. The lowest BCUT2D eigenvalue weighted by Gasteiger charge is -2.36. The third kappa shape index (κ3) is 2.86. The summed E-state index contributed by atoms with van der Waals surface area (Å²) in [6.07, 6.45) is 2.82. The van der Waals surface area contributed by atoms with Gasteiger partial charge in [-0.05, 0) is 30.9 Å². The molecule has 0 aromatic heterocycles. The van der Waals surface area contributed by atoms with Crippen molar-refractivity contribution in [2.24, 2.45) is 5.92 Å². The molecule has 2 fully saturated rings. The van der Waals surface area contributed by atoms with Crippen molar-refractivity contribution in [1.82, 2.24) is 4.90 Å². The fourth-order valence-electron chi connectivity index (χ4n) is 2.72. The first-order chi connectivity index (χ1) is 9.28. The van der Waals surface area contributed by atoms with E-state index >= 15 is 0 Å². The molecule has 1 heterocycles. The van der Waals surface area contributed by atoms with Crippen LogP contribution in [0.5, 0.6) is 0 Å². The molecule has 1 saturated heterocycles. The molecule has 0 spiro atoms. The number of nitriles is 1. The van der Waals surface area contributed by atoms with Gasteiger partial charge in [0.15, 0.2) is 0 Å². The number of hydrogen-bond donors (Lipinski definition) is 0. The van der Waals surface area contributed by atoms with E-state index in [0.717, 1.165) is 37.8 Å². The van der Waals surface area contributed by atoms with Gasteiger partial charge in [0, 0.05) is 32.7 Å². The number of nitrogens with zero attached hydrogens (tertiary/aromatic N) is 3. The van der Waals surface area contributed by atoms with Crippen molar-refractivity contribution in [3.8, 4) is 6.07 Å². The summed E-state index contributed by atoms with van der Waals surface area (Å²) in [5.74, 6) is 0.951. The minimum Gasteiger partial charge on any atom is -0.368 e. The average molecular weight is 276 g/mol. The van der Waals surface area contributed by atoms with E-state index in [4.69, 9.17) is 11.6 Å². The monoisotopic (exact) mass is 275 g/mol. The van der Waals surface area contributed by atoms with Gasteiger partial charge in [-0.15, -0.1) is 0 Å². The summed E-state index contributed by atoms with van der Waals surface area (Å²) < 4.78 is 0. The summed E-state index contributed by atoms with van der Waals surface area (Å²) in [5, 5.41) is 9.79. The number of benzene rings is 1. The Morgan fingerprint density at radius 2 is 1.95 bits per heavy atom. The van der Waals surface area contributed by atoms with E-state index < -0.39 is 0 Å². The zero-order chi connectivity index (χ0) is 13.2. The van der Waals surface area contributed by atoms with E-state index in [2.05, 4.69) is 15.9 Å². The smallest absolute Gasteiger partial charge is 0.103 e. The number of piperazine rings is 1. The van der Waals surface area contributed by atoms with E-state index in [0.29, 0.717) is 10.6 Å². The van der Waals surface area contributed by atoms with Crippen LogP contribution in [0.1, 0.15) is 18.4 Å². The molecular formula is C15H18ClN3. The molecule has 1 saturated carbocycles. The van der Waals surface area contributed by atoms with Crippen LogP contribution in [-0.4, -0.2) is 37.6 Å². The van der Waals surface area contributed by atoms with E-state index in [1.807, 2.05) is 12.1 Å². The van der Waals surface area contributed by atoms with Crippen LogP contribution >= 0.6 is 11.6 Å². The molecule has 1 aromatic carbocycles. The lowest BCUT2D eigenvalue weighted by Crippen LogP contribution is -2.47. The van der Waals surface area contributed by atoms with Crippen molar-refractivity contribution in [3.05, 3.63) is 28.8 Å². The SMILES string of the molecule is N#Cc1c(Cl)cccc1N1CCN(CC2CC2)CC1. The van der Waals surface area contributed by atoms with Gasteiger partial charge in [-0.2, -0.15) is 5.26 Å². The highest BCUT2D eigenvalue weighted by Crippen LogP contribution is 2.31. The van der Waals surface area contributed by atoms with Gasteiger partial charge < -0.3 is 4.90 Å². The van der Waals surface area contributed by atoms with E-state index in [-0.39, 0.29) is 0 Å². The standard InChI is InChI=1S/C15H18ClN3/c16-14-2-1-3-15(13(14)10-17)19-8-6-18(7-9-19)11-12-4-5-12/h1-3,12H,4-9,11H2. The minimum atomic E-state index is 0.556. The van der Waals surface area contributed by atoms with E-state index in [9.17, 15) is 5.26 Å². The maximum atomic E-state index is 9.24. The quantitative estimate of drug-likeness (QED) is 0.850. The minimum absolute atomic E-state index is 0.556. The van der Waals surface area contributed by atoms with Crippen molar-refractivity contribution < 1.29 is 0 Å². The molecule has 0 N–H and O–H groups in total. The molecule has 1 aliphatic carbocycles. The summed E-state index contributed by atoms with van der Waals surface area (Å²) >= 11 is 6.09. The van der Waals surface area contributed by atoms with Crippen molar-refractivity contribution in [3.63, 3.8) is 0 Å². The molecule has 3 nitrogen and oxygen atoms in total. The first-order valence-electron chi connectivity index (χ1n) is 6.94. The Labute approximate surface area is 119 Å². The van der Waals surface area contributed by atoms with Gasteiger partial charge in [0.05, 0.1) is 16.3 Å². The second-order valence-electron chi connectivity index (χ2n) is 5.48. The van der Waals surface area contributed by atoms with Crippen LogP contribution < -0.4 is 4.90 Å². The van der Waals surface area contributed by atoms with Crippen LogP contribution in [-0.2, 0) is 0 Å². The molecule has 0 radical (unpaired) electrons. The highest BCUT2D eigenvalue weighted by Gasteiger charge is 2.27. The van der Waals surface area contributed by atoms with Gasteiger partial charge in [0.25, 0.3) is 0 Å². The van der Waals surface area contributed by atoms with Crippen molar-refractivity contribution in [1.29, 1.82) is 5.26 Å². The van der Waals surface area contributed by atoms with Crippen molar-refractivity contribution in [2.75, 3.05) is 37.6 Å². The highest BCUT2D eigenvalue weighted by molar-refractivity contribution is 6.32. The second-order valence-corrected chi connectivity index (χ2v) is 5.88. The predicted octanol–water partition coefficient (Wildman–Crippen LogP) is 2.74. The summed E-state index contributed by atoms with van der Waals surface area (Å²) in [4.78, 5) is 4.83. The van der Waals surface area contributed by atoms with Crippen LogP contribution in [0.25, 0.3) is 0 Å². The molecule has 0 bridgehead atoms. The molecule has 19 heavy (non-hydrogen) atoms. The third-order valence-electron chi connectivity index (χ3n) is 4.03. The van der Waals surface area contributed by atoms with Crippen molar-refractivity contribution >= 4 is 17.3 Å². The van der Waals surface area contributed by atoms with Crippen molar-refractivity contribution in [2.45, 2.75) is 12.8 Å². The van der Waals surface area contributed by atoms with E-state index in [1.54, 1.807) is 6.07 Å². The molecular weight excluding hydrogens is 258 g/mol. The molecule has 3 rings (SSSR count). The first-order valence-corrected chi connectivity index (χ1v) is 7.31. The van der Waals surface area contributed by atoms with Gasteiger partial charge in [-0.25, -0.2) is 0 Å². The Bertz CT molecular complexity index is 497. The third-order valence-corrected chi connectivity index (χ3v) is 4.34. The second kappa shape index (κ2) is 5.40. The van der Waals surface area contributed by atoms with Gasteiger partial charge in [-0.1, -0.05) is 17.7 Å². The lowest BCUT2D eigenvalue weighted by atomic mass is 10.1. The van der Waals surface area contributed by atoms with Crippen LogP contribution in [0.15, 0.2) is 18.2 Å². The number of rotatable bonds is 3. The molecule has 0 amide bonds. The predicted molar refractivity (Wildman–Crippen MR) is 77.5 cm³/mol. The van der Waals surface area contributed by atoms with E-state index in [1.165, 1.54) is 19.4 Å². The van der Waals surface area contributed by atoms with Gasteiger partial charge in [0.1, 0.15) is 6.07 Å². The summed E-state index contributed by atoms with van der Waals surface area (Å²) in [6, 6.07) is 7.94. The maximum absolute atomic E-state index is 9.24. The molecule has 4 heteroatoms. The highest BCUT2D eigenvalue weighted by atomic mass is 35.5. The van der Waals surface area contributed by atoms with Crippen LogP contribution in [0.4, 0.5) is 5.69 Å². The normalized spacial score (nSPS) is 20.3. The van der Waals surface area contributed by atoms with Crippen LogP contribution in [0.2, 0.25) is 5.02 Å². The average Bonchev–Trinajstić information content (AvgIpc) is 3.23. The molecule has 100 valence electrons. The molecule has 2 aliphatic rings.